The highest BCUT2D eigenvalue weighted by molar-refractivity contribution is 6.44. The van der Waals surface area contributed by atoms with E-state index in [2.05, 4.69) is 11.4 Å². The highest BCUT2D eigenvalue weighted by atomic mass is 35.5. The second-order valence-electron chi connectivity index (χ2n) is 4.00. The van der Waals surface area contributed by atoms with Gasteiger partial charge in [0.2, 0.25) is 0 Å². The molecule has 0 saturated heterocycles. The zero-order valence-corrected chi connectivity index (χ0v) is 11.1. The summed E-state index contributed by atoms with van der Waals surface area (Å²) in [5.41, 5.74) is 2.11. The first-order chi connectivity index (χ1) is 8.20. The van der Waals surface area contributed by atoms with Gasteiger partial charge in [-0.05, 0) is 36.7 Å². The minimum Gasteiger partial charge on any atom is -0.464 e. The van der Waals surface area contributed by atoms with Crippen molar-refractivity contribution in [1.29, 1.82) is 0 Å². The Bertz CT molecular complexity index is 481. The van der Waals surface area contributed by atoms with Crippen LogP contribution in [0.2, 0.25) is 0 Å². The molecule has 0 aliphatic carbocycles. The zero-order chi connectivity index (χ0) is 12.3. The van der Waals surface area contributed by atoms with Crippen molar-refractivity contribution in [3.63, 3.8) is 0 Å². The average molecular weight is 272 g/mol. The highest BCUT2D eigenvalue weighted by Gasteiger charge is 2.16. The van der Waals surface area contributed by atoms with Crippen LogP contribution in [0, 0.1) is 0 Å². The van der Waals surface area contributed by atoms with Crippen LogP contribution in [0.1, 0.15) is 12.5 Å². The second-order valence-corrected chi connectivity index (χ2v) is 5.16. The van der Waals surface area contributed by atoms with Gasteiger partial charge >= 0.3 is 0 Å². The number of likely N-dealkylation sites (N-methyl/N-ethyl adjacent to an activating group) is 1. The number of fused-ring (bicyclic) bond motifs is 1. The number of nitrogens with one attached hydrogen (secondary N) is 1. The summed E-state index contributed by atoms with van der Waals surface area (Å²) in [6.07, 6.45) is 2.51. The number of furan rings is 1. The molecule has 4 heteroatoms. The predicted molar refractivity (Wildman–Crippen MR) is 72.9 cm³/mol. The van der Waals surface area contributed by atoms with Crippen molar-refractivity contribution < 1.29 is 4.42 Å². The van der Waals surface area contributed by atoms with E-state index < -0.39 is 4.84 Å². The van der Waals surface area contributed by atoms with Gasteiger partial charge in [0.15, 0.2) is 0 Å². The van der Waals surface area contributed by atoms with E-state index >= 15 is 0 Å². The Morgan fingerprint density at radius 1 is 1.29 bits per heavy atom. The standard InChI is InChI=1S/C13H15Cl2NO/c1-2-16-11(13(14)15)8-9-3-4-12-10(7-9)5-6-17-12/h3-7,11,13,16H,2,8H2,1H3. The van der Waals surface area contributed by atoms with E-state index in [9.17, 15) is 0 Å². The lowest BCUT2D eigenvalue weighted by Gasteiger charge is -2.18. The largest absolute Gasteiger partial charge is 0.464 e. The number of halogens is 2. The number of alkyl halides is 2. The Hall–Kier alpha value is -0.700. The first-order valence-electron chi connectivity index (χ1n) is 5.68. The first-order valence-corrected chi connectivity index (χ1v) is 6.55. The SMILES string of the molecule is CCNC(Cc1ccc2occc2c1)C(Cl)Cl. The lowest BCUT2D eigenvalue weighted by molar-refractivity contribution is 0.552. The van der Waals surface area contributed by atoms with E-state index in [4.69, 9.17) is 27.6 Å². The van der Waals surface area contributed by atoms with Crippen LogP contribution in [0.15, 0.2) is 34.9 Å². The van der Waals surface area contributed by atoms with Gasteiger partial charge in [-0.25, -0.2) is 0 Å². The number of benzene rings is 1. The van der Waals surface area contributed by atoms with Gasteiger partial charge in [-0.15, -0.1) is 23.2 Å². The van der Waals surface area contributed by atoms with E-state index in [1.165, 1.54) is 5.56 Å². The minimum absolute atomic E-state index is 0.0766. The molecule has 1 aromatic heterocycles. The molecule has 0 bridgehead atoms. The maximum Gasteiger partial charge on any atom is 0.133 e. The van der Waals surface area contributed by atoms with E-state index in [0.717, 1.165) is 23.9 Å². The van der Waals surface area contributed by atoms with Crippen molar-refractivity contribution in [2.45, 2.75) is 24.2 Å². The maximum atomic E-state index is 5.95. The number of rotatable bonds is 5. The summed E-state index contributed by atoms with van der Waals surface area (Å²) in [5.74, 6) is 0. The zero-order valence-electron chi connectivity index (χ0n) is 9.62. The van der Waals surface area contributed by atoms with E-state index in [1.54, 1.807) is 6.26 Å². The first kappa shape index (κ1) is 12.7. The monoisotopic (exact) mass is 271 g/mol. The molecular weight excluding hydrogens is 257 g/mol. The van der Waals surface area contributed by atoms with Crippen LogP contribution in [0.25, 0.3) is 11.0 Å². The maximum absolute atomic E-state index is 5.95. The van der Waals surface area contributed by atoms with Crippen molar-refractivity contribution in [3.05, 3.63) is 36.1 Å². The summed E-state index contributed by atoms with van der Waals surface area (Å²) < 4.78 is 5.31. The van der Waals surface area contributed by atoms with Gasteiger partial charge in [0.05, 0.1) is 6.26 Å². The third-order valence-corrected chi connectivity index (χ3v) is 3.35. The molecule has 0 spiro atoms. The Morgan fingerprint density at radius 2 is 2.12 bits per heavy atom. The second kappa shape index (κ2) is 5.76. The van der Waals surface area contributed by atoms with Crippen molar-refractivity contribution in [2.24, 2.45) is 0 Å². The lowest BCUT2D eigenvalue weighted by Crippen LogP contribution is -2.36. The topological polar surface area (TPSA) is 25.2 Å². The van der Waals surface area contributed by atoms with Gasteiger partial charge in [-0.1, -0.05) is 13.0 Å². The highest BCUT2D eigenvalue weighted by Crippen LogP contribution is 2.20. The van der Waals surface area contributed by atoms with Crippen LogP contribution in [0.4, 0.5) is 0 Å². The predicted octanol–water partition coefficient (Wildman–Crippen LogP) is 3.76. The molecule has 1 unspecified atom stereocenters. The van der Waals surface area contributed by atoms with Crippen molar-refractivity contribution in [3.8, 4) is 0 Å². The van der Waals surface area contributed by atoms with E-state index in [0.29, 0.717) is 0 Å². The smallest absolute Gasteiger partial charge is 0.133 e. The van der Waals surface area contributed by atoms with Crippen LogP contribution >= 0.6 is 23.2 Å². The molecule has 0 fully saturated rings. The fourth-order valence-corrected chi connectivity index (χ4v) is 2.27. The Kier molecular flexibility index (Phi) is 4.32. The molecule has 1 aromatic carbocycles. The van der Waals surface area contributed by atoms with Crippen LogP contribution in [-0.4, -0.2) is 17.4 Å². The molecule has 0 saturated carbocycles. The van der Waals surface area contributed by atoms with Crippen LogP contribution < -0.4 is 5.32 Å². The van der Waals surface area contributed by atoms with Crippen molar-refractivity contribution in [2.75, 3.05) is 6.54 Å². The molecule has 1 heterocycles. The molecule has 92 valence electrons. The molecule has 2 rings (SSSR count). The fourth-order valence-electron chi connectivity index (χ4n) is 1.91. The van der Waals surface area contributed by atoms with Gasteiger partial charge in [-0.3, -0.25) is 0 Å². The summed E-state index contributed by atoms with van der Waals surface area (Å²) in [7, 11) is 0. The third-order valence-electron chi connectivity index (χ3n) is 2.74. The molecule has 0 aliphatic heterocycles. The van der Waals surface area contributed by atoms with Crippen LogP contribution in [0.5, 0.6) is 0 Å². The van der Waals surface area contributed by atoms with Gasteiger partial charge in [0.25, 0.3) is 0 Å². The molecular formula is C13H15Cl2NO. The van der Waals surface area contributed by atoms with Gasteiger partial charge in [0, 0.05) is 11.4 Å². The molecule has 2 nitrogen and oxygen atoms in total. The summed E-state index contributed by atoms with van der Waals surface area (Å²) in [6.45, 7) is 2.90. The van der Waals surface area contributed by atoms with Crippen molar-refractivity contribution >= 4 is 34.2 Å². The van der Waals surface area contributed by atoms with Gasteiger partial charge in [0.1, 0.15) is 10.4 Å². The van der Waals surface area contributed by atoms with Crippen molar-refractivity contribution in [1.82, 2.24) is 5.32 Å². The normalized spacial score (nSPS) is 13.4. The molecule has 0 radical (unpaired) electrons. The summed E-state index contributed by atoms with van der Waals surface area (Å²) in [6, 6.07) is 8.17. The average Bonchev–Trinajstić information content (AvgIpc) is 2.75. The quantitative estimate of drug-likeness (QED) is 0.838. The lowest BCUT2D eigenvalue weighted by atomic mass is 10.1. The van der Waals surface area contributed by atoms with Crippen LogP contribution in [0.3, 0.4) is 0 Å². The minimum atomic E-state index is -0.407. The van der Waals surface area contributed by atoms with E-state index in [1.807, 2.05) is 25.1 Å². The molecule has 1 N–H and O–H groups in total. The van der Waals surface area contributed by atoms with Gasteiger partial charge < -0.3 is 9.73 Å². The summed E-state index contributed by atoms with van der Waals surface area (Å²) >= 11 is 11.9. The van der Waals surface area contributed by atoms with Crippen LogP contribution in [-0.2, 0) is 6.42 Å². The molecule has 1 atom stereocenters. The Morgan fingerprint density at radius 3 is 2.82 bits per heavy atom. The van der Waals surface area contributed by atoms with Gasteiger partial charge in [-0.2, -0.15) is 0 Å². The molecule has 0 amide bonds. The third kappa shape index (κ3) is 3.15. The number of hydrogen-bond donors (Lipinski definition) is 1. The summed E-state index contributed by atoms with van der Waals surface area (Å²) in [4.78, 5) is -0.407. The Balaban J connectivity index is 2.15. The molecule has 0 aliphatic rings. The Labute approximate surface area is 111 Å². The summed E-state index contributed by atoms with van der Waals surface area (Å²) in [5, 5.41) is 4.39. The van der Waals surface area contributed by atoms with E-state index in [-0.39, 0.29) is 6.04 Å². The fraction of sp³-hybridized carbons (Fsp3) is 0.385. The molecule has 2 aromatic rings. The number of hydrogen-bond acceptors (Lipinski definition) is 2. The molecule has 17 heavy (non-hydrogen) atoms.